The standard InChI is InChI=1S/C27H22N6O3/c1-18-15-32(17-29-18)26-11-10-24(30-31-26)20-4-6-21(7-5-20)33(16-19-3-2-12-28-14-19)27(36)23-9-8-22(34)13-25(23)35/h2-15,17,34-35H,16H2,1H3. The number of nitrogens with zero attached hydrogens (tertiary/aromatic N) is 6. The molecule has 0 saturated carbocycles. The van der Waals surface area contributed by atoms with Crippen LogP contribution in [0, 0.1) is 6.92 Å². The van der Waals surface area contributed by atoms with E-state index in [4.69, 9.17) is 0 Å². The van der Waals surface area contributed by atoms with Crippen molar-refractivity contribution in [2.24, 2.45) is 0 Å². The molecule has 0 aliphatic heterocycles. The maximum Gasteiger partial charge on any atom is 0.262 e. The van der Waals surface area contributed by atoms with E-state index >= 15 is 0 Å². The van der Waals surface area contributed by atoms with Crippen LogP contribution in [-0.2, 0) is 6.54 Å². The fraction of sp³-hybridized carbons (Fsp3) is 0.0741. The number of hydrogen-bond donors (Lipinski definition) is 2. The molecule has 9 nitrogen and oxygen atoms in total. The van der Waals surface area contributed by atoms with Gasteiger partial charge in [-0.25, -0.2) is 4.98 Å². The SMILES string of the molecule is Cc1cn(-c2ccc(-c3ccc(N(Cc4cccnc4)C(=O)c4ccc(O)cc4O)cc3)nn2)cn1. The maximum absolute atomic E-state index is 13.4. The Morgan fingerprint density at radius 2 is 1.83 bits per heavy atom. The molecule has 0 radical (unpaired) electrons. The summed E-state index contributed by atoms with van der Waals surface area (Å²) < 4.78 is 1.80. The molecule has 3 aromatic heterocycles. The number of carbonyl (C=O) groups is 1. The Hall–Kier alpha value is -5.05. The van der Waals surface area contributed by atoms with Crippen LogP contribution in [0.15, 0.2) is 91.6 Å². The van der Waals surface area contributed by atoms with Crippen molar-refractivity contribution in [2.45, 2.75) is 13.5 Å². The lowest BCUT2D eigenvalue weighted by Gasteiger charge is -2.24. The second kappa shape index (κ2) is 9.67. The number of anilines is 1. The third-order valence-corrected chi connectivity index (χ3v) is 5.62. The first-order valence-electron chi connectivity index (χ1n) is 11.2. The molecule has 9 heteroatoms. The second-order valence-electron chi connectivity index (χ2n) is 8.20. The molecule has 36 heavy (non-hydrogen) atoms. The summed E-state index contributed by atoms with van der Waals surface area (Å²) in [6.07, 6.45) is 6.91. The van der Waals surface area contributed by atoms with Crippen molar-refractivity contribution in [2.75, 3.05) is 4.90 Å². The van der Waals surface area contributed by atoms with Crippen LogP contribution in [0.4, 0.5) is 5.69 Å². The van der Waals surface area contributed by atoms with Gasteiger partial charge in [-0.3, -0.25) is 14.3 Å². The lowest BCUT2D eigenvalue weighted by atomic mass is 10.1. The fourth-order valence-corrected chi connectivity index (χ4v) is 3.78. The molecule has 178 valence electrons. The molecule has 2 aromatic carbocycles. The molecule has 0 atom stereocenters. The van der Waals surface area contributed by atoms with E-state index in [-0.39, 0.29) is 23.6 Å². The molecule has 5 aromatic rings. The van der Waals surface area contributed by atoms with Gasteiger partial charge in [-0.2, -0.15) is 0 Å². The first kappa shape index (κ1) is 22.7. The first-order chi connectivity index (χ1) is 17.5. The van der Waals surface area contributed by atoms with Gasteiger partial charge >= 0.3 is 0 Å². The zero-order valence-corrected chi connectivity index (χ0v) is 19.4. The number of phenols is 2. The highest BCUT2D eigenvalue weighted by molar-refractivity contribution is 6.08. The van der Waals surface area contributed by atoms with Crippen LogP contribution in [0.5, 0.6) is 11.5 Å². The molecular formula is C27H22N6O3. The van der Waals surface area contributed by atoms with Crippen LogP contribution in [0.3, 0.4) is 0 Å². The summed E-state index contributed by atoms with van der Waals surface area (Å²) in [5.74, 6) is -0.166. The predicted molar refractivity (Wildman–Crippen MR) is 134 cm³/mol. The van der Waals surface area contributed by atoms with E-state index < -0.39 is 5.91 Å². The highest BCUT2D eigenvalue weighted by Gasteiger charge is 2.22. The summed E-state index contributed by atoms with van der Waals surface area (Å²) in [4.78, 5) is 23.3. The van der Waals surface area contributed by atoms with Gasteiger partial charge in [0.05, 0.1) is 23.5 Å². The minimum atomic E-state index is -0.413. The van der Waals surface area contributed by atoms with Crippen LogP contribution >= 0.6 is 0 Å². The predicted octanol–water partition coefficient (Wildman–Crippen LogP) is 4.29. The van der Waals surface area contributed by atoms with Crippen LogP contribution in [0.2, 0.25) is 0 Å². The molecule has 0 bridgehead atoms. The molecule has 0 saturated heterocycles. The molecule has 0 aliphatic carbocycles. The van der Waals surface area contributed by atoms with E-state index in [9.17, 15) is 15.0 Å². The van der Waals surface area contributed by atoms with E-state index in [0.29, 0.717) is 17.2 Å². The number of phenolic OH excluding ortho intramolecular Hbond substituents is 2. The Bertz CT molecular complexity index is 1500. The topological polar surface area (TPSA) is 117 Å². The van der Waals surface area contributed by atoms with Gasteiger partial charge in [0.1, 0.15) is 17.8 Å². The number of imidazole rings is 1. The average Bonchev–Trinajstić information content (AvgIpc) is 3.34. The third kappa shape index (κ3) is 4.76. The molecule has 5 rings (SSSR count). The zero-order chi connectivity index (χ0) is 25.1. The van der Waals surface area contributed by atoms with E-state index in [1.165, 1.54) is 12.1 Å². The molecule has 2 N–H and O–H groups in total. The molecule has 3 heterocycles. The lowest BCUT2D eigenvalue weighted by Crippen LogP contribution is -2.30. The monoisotopic (exact) mass is 478 g/mol. The van der Waals surface area contributed by atoms with Gasteiger partial charge in [0, 0.05) is 35.9 Å². The van der Waals surface area contributed by atoms with Gasteiger partial charge < -0.3 is 15.1 Å². The van der Waals surface area contributed by atoms with Crippen molar-refractivity contribution in [3.8, 4) is 28.6 Å². The quantitative estimate of drug-likeness (QED) is 0.374. The molecule has 0 unspecified atom stereocenters. The van der Waals surface area contributed by atoms with Crippen LogP contribution in [-0.4, -0.2) is 40.9 Å². The van der Waals surface area contributed by atoms with E-state index in [1.54, 1.807) is 34.3 Å². The number of hydrogen-bond acceptors (Lipinski definition) is 7. The van der Waals surface area contributed by atoms with Crippen molar-refractivity contribution in [3.05, 3.63) is 108 Å². The Morgan fingerprint density at radius 1 is 1.00 bits per heavy atom. The number of rotatable bonds is 6. The van der Waals surface area contributed by atoms with Crippen molar-refractivity contribution in [3.63, 3.8) is 0 Å². The van der Waals surface area contributed by atoms with Gasteiger partial charge in [-0.15, -0.1) is 10.2 Å². The number of pyridine rings is 1. The van der Waals surface area contributed by atoms with Crippen molar-refractivity contribution < 1.29 is 15.0 Å². The highest BCUT2D eigenvalue weighted by atomic mass is 16.3. The number of aromatic nitrogens is 5. The molecule has 1 amide bonds. The van der Waals surface area contributed by atoms with E-state index in [0.717, 1.165) is 22.9 Å². The fourth-order valence-electron chi connectivity index (χ4n) is 3.78. The Kier molecular flexibility index (Phi) is 6.10. The van der Waals surface area contributed by atoms with Crippen molar-refractivity contribution in [1.82, 2.24) is 24.7 Å². The largest absolute Gasteiger partial charge is 0.508 e. The lowest BCUT2D eigenvalue weighted by molar-refractivity contribution is 0.0982. The normalized spacial score (nSPS) is 10.8. The third-order valence-electron chi connectivity index (χ3n) is 5.62. The highest BCUT2D eigenvalue weighted by Crippen LogP contribution is 2.29. The van der Waals surface area contributed by atoms with Crippen molar-refractivity contribution >= 4 is 11.6 Å². The smallest absolute Gasteiger partial charge is 0.262 e. The van der Waals surface area contributed by atoms with Gasteiger partial charge in [-0.1, -0.05) is 18.2 Å². The summed E-state index contributed by atoms with van der Waals surface area (Å²) in [6.45, 7) is 2.15. The van der Waals surface area contributed by atoms with Gasteiger partial charge in [0.15, 0.2) is 5.82 Å². The summed E-state index contributed by atoms with van der Waals surface area (Å²) in [5.41, 5.74) is 3.94. The summed E-state index contributed by atoms with van der Waals surface area (Å²) >= 11 is 0. The molecule has 0 aliphatic rings. The zero-order valence-electron chi connectivity index (χ0n) is 19.4. The van der Waals surface area contributed by atoms with E-state index in [1.807, 2.05) is 55.6 Å². The van der Waals surface area contributed by atoms with Crippen LogP contribution < -0.4 is 4.90 Å². The summed E-state index contributed by atoms with van der Waals surface area (Å²) in [5, 5.41) is 28.5. The summed E-state index contributed by atoms with van der Waals surface area (Å²) in [7, 11) is 0. The molecular weight excluding hydrogens is 456 g/mol. The average molecular weight is 479 g/mol. The Balaban J connectivity index is 1.44. The molecule has 0 spiro atoms. The van der Waals surface area contributed by atoms with Crippen LogP contribution in [0.25, 0.3) is 17.1 Å². The van der Waals surface area contributed by atoms with Crippen LogP contribution in [0.1, 0.15) is 21.6 Å². The number of benzene rings is 2. The Labute approximate surface area is 207 Å². The number of amides is 1. The number of aromatic hydroxyl groups is 2. The molecule has 0 fully saturated rings. The number of carbonyl (C=O) groups excluding carboxylic acids is 1. The number of aryl methyl sites for hydroxylation is 1. The van der Waals surface area contributed by atoms with E-state index in [2.05, 4.69) is 20.2 Å². The van der Waals surface area contributed by atoms with Gasteiger partial charge in [-0.05, 0) is 55.0 Å². The minimum Gasteiger partial charge on any atom is -0.508 e. The van der Waals surface area contributed by atoms with Gasteiger partial charge in [0.2, 0.25) is 0 Å². The van der Waals surface area contributed by atoms with Gasteiger partial charge in [0.25, 0.3) is 5.91 Å². The van der Waals surface area contributed by atoms with Crippen molar-refractivity contribution in [1.29, 1.82) is 0 Å². The maximum atomic E-state index is 13.4. The minimum absolute atomic E-state index is 0.0805. The summed E-state index contributed by atoms with van der Waals surface area (Å²) in [6, 6.07) is 18.7. The first-order valence-corrected chi connectivity index (χ1v) is 11.2. The Morgan fingerprint density at radius 3 is 2.47 bits per heavy atom. The second-order valence-corrected chi connectivity index (χ2v) is 8.20.